The van der Waals surface area contributed by atoms with Crippen LogP contribution in [0.3, 0.4) is 0 Å². The van der Waals surface area contributed by atoms with E-state index in [-0.39, 0.29) is 18.0 Å². The number of aryl methyl sites for hydroxylation is 1. The van der Waals surface area contributed by atoms with Crippen LogP contribution < -0.4 is 4.72 Å². The van der Waals surface area contributed by atoms with Gasteiger partial charge in [0.2, 0.25) is 10.0 Å². The third kappa shape index (κ3) is 4.22. The first-order valence-corrected chi connectivity index (χ1v) is 7.15. The monoisotopic (exact) mass is 293 g/mol. The van der Waals surface area contributed by atoms with Crippen LogP contribution in [0.1, 0.15) is 5.56 Å². The third-order valence-electron chi connectivity index (χ3n) is 2.29. The molecule has 1 unspecified atom stereocenters. The number of ether oxygens (including phenoxy) is 1. The highest BCUT2D eigenvalue weighted by atomic mass is 35.5. The van der Waals surface area contributed by atoms with Gasteiger partial charge in [-0.2, -0.15) is 0 Å². The number of halogens is 1. The van der Waals surface area contributed by atoms with Crippen LogP contribution in [-0.2, 0) is 14.8 Å². The fraction of sp³-hybridized carbons (Fsp3) is 0.455. The van der Waals surface area contributed by atoms with Crippen LogP contribution in [0.4, 0.5) is 0 Å². The lowest BCUT2D eigenvalue weighted by Gasteiger charge is -2.12. The molecule has 0 spiro atoms. The van der Waals surface area contributed by atoms with E-state index in [0.717, 1.165) is 0 Å². The molecule has 0 aromatic heterocycles. The van der Waals surface area contributed by atoms with Gasteiger partial charge in [-0.25, -0.2) is 13.1 Å². The first-order valence-electron chi connectivity index (χ1n) is 5.29. The zero-order valence-electron chi connectivity index (χ0n) is 10.2. The lowest BCUT2D eigenvalue weighted by atomic mass is 10.2. The van der Waals surface area contributed by atoms with Gasteiger partial charge in [0.15, 0.2) is 0 Å². The molecule has 0 bridgehead atoms. The molecule has 0 aliphatic carbocycles. The van der Waals surface area contributed by atoms with Crippen LogP contribution in [0, 0.1) is 6.92 Å². The molecule has 0 amide bonds. The molecule has 0 aliphatic heterocycles. The maximum Gasteiger partial charge on any atom is 0.240 e. The Morgan fingerprint density at radius 1 is 1.50 bits per heavy atom. The number of nitrogens with one attached hydrogen (secondary N) is 1. The summed E-state index contributed by atoms with van der Waals surface area (Å²) >= 11 is 5.76. The Balaban J connectivity index is 2.80. The zero-order chi connectivity index (χ0) is 13.8. The van der Waals surface area contributed by atoms with Gasteiger partial charge in [-0.3, -0.25) is 0 Å². The van der Waals surface area contributed by atoms with Crippen molar-refractivity contribution in [2.75, 3.05) is 20.3 Å². The average Bonchev–Trinajstić information content (AvgIpc) is 2.26. The highest BCUT2D eigenvalue weighted by Crippen LogP contribution is 2.19. The van der Waals surface area contributed by atoms with Crippen molar-refractivity contribution < 1.29 is 18.3 Å². The summed E-state index contributed by atoms with van der Waals surface area (Å²) in [5.74, 6) is 0. The average molecular weight is 294 g/mol. The van der Waals surface area contributed by atoms with E-state index in [9.17, 15) is 13.5 Å². The van der Waals surface area contributed by atoms with Gasteiger partial charge in [-0.05, 0) is 30.7 Å². The van der Waals surface area contributed by atoms with Gasteiger partial charge in [0.05, 0.1) is 17.6 Å². The molecule has 2 N–H and O–H groups in total. The summed E-state index contributed by atoms with van der Waals surface area (Å²) in [6, 6.07) is 4.51. The van der Waals surface area contributed by atoms with E-state index in [1.54, 1.807) is 13.0 Å². The molecule has 0 saturated carbocycles. The summed E-state index contributed by atoms with van der Waals surface area (Å²) in [7, 11) is -2.21. The van der Waals surface area contributed by atoms with Gasteiger partial charge >= 0.3 is 0 Å². The van der Waals surface area contributed by atoms with Crippen LogP contribution in [-0.4, -0.2) is 39.9 Å². The molecule has 0 saturated heterocycles. The van der Waals surface area contributed by atoms with Crippen LogP contribution in [0.2, 0.25) is 5.02 Å². The van der Waals surface area contributed by atoms with Gasteiger partial charge in [0, 0.05) is 18.7 Å². The van der Waals surface area contributed by atoms with Gasteiger partial charge in [0.25, 0.3) is 0 Å². The van der Waals surface area contributed by atoms with Crippen molar-refractivity contribution in [2.45, 2.75) is 17.9 Å². The van der Waals surface area contributed by atoms with E-state index in [2.05, 4.69) is 4.72 Å². The van der Waals surface area contributed by atoms with Crippen LogP contribution in [0.5, 0.6) is 0 Å². The van der Waals surface area contributed by atoms with Gasteiger partial charge < -0.3 is 9.84 Å². The molecule has 0 heterocycles. The van der Waals surface area contributed by atoms with Crippen molar-refractivity contribution in [1.82, 2.24) is 4.72 Å². The number of aliphatic hydroxyl groups is 1. The summed E-state index contributed by atoms with van der Waals surface area (Å²) in [4.78, 5) is 0.150. The van der Waals surface area contributed by atoms with Crippen molar-refractivity contribution in [3.05, 3.63) is 28.8 Å². The molecule has 0 radical (unpaired) electrons. The first kappa shape index (κ1) is 15.4. The largest absolute Gasteiger partial charge is 0.389 e. The van der Waals surface area contributed by atoms with Crippen LogP contribution in [0.25, 0.3) is 0 Å². The maximum absolute atomic E-state index is 12.0. The second kappa shape index (κ2) is 6.49. The summed E-state index contributed by atoms with van der Waals surface area (Å²) < 4.78 is 31.0. The molecular formula is C11H16ClNO4S. The van der Waals surface area contributed by atoms with E-state index < -0.39 is 16.1 Å². The molecule has 0 fully saturated rings. The molecule has 7 heteroatoms. The van der Waals surface area contributed by atoms with Gasteiger partial charge in [-0.1, -0.05) is 11.6 Å². The predicted octanol–water partition coefficient (Wildman–Crippen LogP) is 0.934. The third-order valence-corrected chi connectivity index (χ3v) is 4.11. The minimum absolute atomic E-state index is 0.0715. The number of benzene rings is 1. The number of methoxy groups -OCH3 is 1. The molecule has 102 valence electrons. The summed E-state index contributed by atoms with van der Waals surface area (Å²) in [6.45, 7) is 1.63. The quantitative estimate of drug-likeness (QED) is 0.818. The fourth-order valence-electron chi connectivity index (χ4n) is 1.45. The molecule has 0 aliphatic rings. The highest BCUT2D eigenvalue weighted by molar-refractivity contribution is 7.89. The van der Waals surface area contributed by atoms with Crippen molar-refractivity contribution in [3.63, 3.8) is 0 Å². The number of hydrogen-bond donors (Lipinski definition) is 2. The second-order valence-corrected chi connectivity index (χ2v) is 6.04. The zero-order valence-corrected chi connectivity index (χ0v) is 11.8. The number of sulfonamides is 1. The SMILES string of the molecule is COCC(O)CNS(=O)(=O)c1ccc(Cl)cc1C. The van der Waals surface area contributed by atoms with E-state index in [4.69, 9.17) is 16.3 Å². The van der Waals surface area contributed by atoms with E-state index in [1.165, 1.54) is 19.2 Å². The summed E-state index contributed by atoms with van der Waals surface area (Å²) in [6.07, 6.45) is -0.877. The first-order chi connectivity index (χ1) is 8.36. The smallest absolute Gasteiger partial charge is 0.240 e. The minimum atomic E-state index is -3.65. The molecular weight excluding hydrogens is 278 g/mol. The van der Waals surface area contributed by atoms with E-state index in [1.807, 2.05) is 0 Å². The Morgan fingerprint density at radius 3 is 2.72 bits per heavy atom. The Hall–Kier alpha value is -0.660. The van der Waals surface area contributed by atoms with Gasteiger partial charge in [0.1, 0.15) is 0 Å². The van der Waals surface area contributed by atoms with E-state index >= 15 is 0 Å². The Morgan fingerprint density at radius 2 is 2.17 bits per heavy atom. The number of hydrogen-bond acceptors (Lipinski definition) is 4. The predicted molar refractivity (Wildman–Crippen MR) is 69.3 cm³/mol. The molecule has 1 atom stereocenters. The van der Waals surface area contributed by atoms with Gasteiger partial charge in [-0.15, -0.1) is 0 Å². The minimum Gasteiger partial charge on any atom is -0.389 e. The summed E-state index contributed by atoms with van der Waals surface area (Å²) in [5, 5.41) is 9.88. The second-order valence-electron chi connectivity index (χ2n) is 3.87. The maximum atomic E-state index is 12.0. The molecule has 1 rings (SSSR count). The van der Waals surface area contributed by atoms with Crippen LogP contribution in [0.15, 0.2) is 23.1 Å². The van der Waals surface area contributed by atoms with Crippen molar-refractivity contribution in [3.8, 4) is 0 Å². The lowest BCUT2D eigenvalue weighted by molar-refractivity contribution is 0.0679. The lowest BCUT2D eigenvalue weighted by Crippen LogP contribution is -2.34. The highest BCUT2D eigenvalue weighted by Gasteiger charge is 2.18. The number of rotatable bonds is 6. The standard InChI is InChI=1S/C11H16ClNO4S/c1-8-5-9(12)3-4-11(8)18(15,16)13-6-10(14)7-17-2/h3-5,10,13-14H,6-7H2,1-2H3. The van der Waals surface area contributed by atoms with E-state index in [0.29, 0.717) is 10.6 Å². The summed E-state index contributed by atoms with van der Waals surface area (Å²) in [5.41, 5.74) is 0.552. The fourth-order valence-corrected chi connectivity index (χ4v) is 2.97. The molecule has 5 nitrogen and oxygen atoms in total. The topological polar surface area (TPSA) is 75.6 Å². The Labute approximate surface area is 112 Å². The van der Waals surface area contributed by atoms with Crippen molar-refractivity contribution >= 4 is 21.6 Å². The van der Waals surface area contributed by atoms with Crippen molar-refractivity contribution in [1.29, 1.82) is 0 Å². The van der Waals surface area contributed by atoms with Crippen molar-refractivity contribution in [2.24, 2.45) is 0 Å². The number of aliphatic hydroxyl groups excluding tert-OH is 1. The Kier molecular flexibility index (Phi) is 5.55. The normalized spacial score (nSPS) is 13.6. The molecule has 1 aromatic carbocycles. The Bertz CT molecular complexity index is 504. The molecule has 18 heavy (non-hydrogen) atoms. The molecule has 1 aromatic rings. The van der Waals surface area contributed by atoms with Crippen LogP contribution >= 0.6 is 11.6 Å².